The zero-order chi connectivity index (χ0) is 12.3. The van der Waals surface area contributed by atoms with Gasteiger partial charge in [0.15, 0.2) is 0 Å². The lowest BCUT2D eigenvalue weighted by Crippen LogP contribution is -2.40. The Hall–Kier alpha value is -0.380. The van der Waals surface area contributed by atoms with Crippen LogP contribution < -0.4 is 5.73 Å². The molecular weight excluding hydrogens is 254 g/mol. The summed E-state index contributed by atoms with van der Waals surface area (Å²) in [5.41, 5.74) is 7.12. The molecular formula is C13H18ClNOS. The molecule has 3 atom stereocenters. The molecule has 94 valence electrons. The summed E-state index contributed by atoms with van der Waals surface area (Å²) in [4.78, 5) is 0. The molecule has 2 nitrogen and oxygen atoms in total. The van der Waals surface area contributed by atoms with Crippen LogP contribution in [0.3, 0.4) is 0 Å². The molecule has 0 saturated heterocycles. The van der Waals surface area contributed by atoms with Crippen molar-refractivity contribution in [2.24, 2.45) is 5.73 Å². The van der Waals surface area contributed by atoms with Gasteiger partial charge in [-0.15, -0.1) is 0 Å². The highest BCUT2D eigenvalue weighted by Crippen LogP contribution is 2.23. The van der Waals surface area contributed by atoms with Gasteiger partial charge in [0.2, 0.25) is 0 Å². The maximum Gasteiger partial charge on any atom is 0.0502 e. The molecule has 0 aliphatic heterocycles. The van der Waals surface area contributed by atoms with E-state index in [1.807, 2.05) is 24.3 Å². The van der Waals surface area contributed by atoms with Crippen LogP contribution in [0.2, 0.25) is 5.02 Å². The van der Waals surface area contributed by atoms with Crippen LogP contribution >= 0.6 is 11.6 Å². The van der Waals surface area contributed by atoms with Crippen molar-refractivity contribution >= 4 is 22.4 Å². The van der Waals surface area contributed by atoms with Gasteiger partial charge in [0.1, 0.15) is 0 Å². The van der Waals surface area contributed by atoms with Gasteiger partial charge in [-0.1, -0.05) is 36.6 Å². The minimum Gasteiger partial charge on any atom is -0.327 e. The number of hydrogen-bond donors (Lipinski definition) is 1. The summed E-state index contributed by atoms with van der Waals surface area (Å²) in [5, 5.41) is 0.883. The Morgan fingerprint density at radius 1 is 1.24 bits per heavy atom. The van der Waals surface area contributed by atoms with Crippen LogP contribution in [0.4, 0.5) is 0 Å². The number of nitrogens with two attached hydrogens (primary N) is 1. The molecule has 0 aromatic heterocycles. The van der Waals surface area contributed by atoms with E-state index < -0.39 is 10.8 Å². The average molecular weight is 272 g/mol. The summed E-state index contributed by atoms with van der Waals surface area (Å²) >= 11 is 5.82. The fraction of sp³-hybridized carbons (Fsp3) is 0.538. The second-order valence-corrected chi connectivity index (χ2v) is 6.73. The first-order valence-corrected chi connectivity index (χ1v) is 7.80. The Morgan fingerprint density at radius 2 is 1.88 bits per heavy atom. The van der Waals surface area contributed by atoms with Gasteiger partial charge in [0, 0.05) is 27.6 Å². The fourth-order valence-corrected chi connectivity index (χ4v) is 4.12. The minimum atomic E-state index is -0.862. The Balaban J connectivity index is 1.98. The third kappa shape index (κ3) is 3.54. The summed E-state index contributed by atoms with van der Waals surface area (Å²) in [6.45, 7) is 0. The standard InChI is InChI=1S/C13H18ClNOS/c14-11-7-5-10(6-8-11)9-17(16)13-4-2-1-3-12(13)15/h5-8,12-13H,1-4,9,15H2. The molecule has 4 heteroatoms. The van der Waals surface area contributed by atoms with Crippen molar-refractivity contribution in [3.8, 4) is 0 Å². The van der Waals surface area contributed by atoms with Gasteiger partial charge >= 0.3 is 0 Å². The van der Waals surface area contributed by atoms with Gasteiger partial charge in [0.05, 0.1) is 5.25 Å². The molecule has 1 aromatic carbocycles. The smallest absolute Gasteiger partial charge is 0.0502 e. The van der Waals surface area contributed by atoms with Crippen molar-refractivity contribution in [1.29, 1.82) is 0 Å². The van der Waals surface area contributed by atoms with Crippen molar-refractivity contribution in [3.05, 3.63) is 34.9 Å². The van der Waals surface area contributed by atoms with E-state index >= 15 is 0 Å². The van der Waals surface area contributed by atoms with Gasteiger partial charge in [-0.05, 0) is 30.5 Å². The molecule has 1 saturated carbocycles. The molecule has 2 N–H and O–H groups in total. The van der Waals surface area contributed by atoms with Gasteiger partial charge < -0.3 is 5.73 Å². The molecule has 0 spiro atoms. The zero-order valence-electron chi connectivity index (χ0n) is 9.77. The summed E-state index contributed by atoms with van der Waals surface area (Å²) in [5.74, 6) is 0.593. The van der Waals surface area contributed by atoms with Gasteiger partial charge in [-0.3, -0.25) is 4.21 Å². The third-order valence-corrected chi connectivity index (χ3v) is 5.44. The van der Waals surface area contributed by atoms with E-state index in [0.29, 0.717) is 10.8 Å². The van der Waals surface area contributed by atoms with E-state index in [0.717, 1.165) is 24.8 Å². The second kappa shape index (κ2) is 5.98. The monoisotopic (exact) mass is 271 g/mol. The molecule has 0 amide bonds. The van der Waals surface area contributed by atoms with Gasteiger partial charge in [-0.25, -0.2) is 0 Å². The van der Waals surface area contributed by atoms with Gasteiger partial charge in [0.25, 0.3) is 0 Å². The molecule has 1 aromatic rings. The quantitative estimate of drug-likeness (QED) is 0.919. The van der Waals surface area contributed by atoms with Crippen LogP contribution in [0.15, 0.2) is 24.3 Å². The Kier molecular flexibility index (Phi) is 4.60. The Morgan fingerprint density at radius 3 is 2.53 bits per heavy atom. The molecule has 1 aliphatic rings. The van der Waals surface area contributed by atoms with E-state index in [1.54, 1.807) is 0 Å². The molecule has 2 rings (SSSR count). The van der Waals surface area contributed by atoms with Gasteiger partial charge in [-0.2, -0.15) is 0 Å². The number of halogens is 1. The lowest BCUT2D eigenvalue weighted by molar-refractivity contribution is 0.445. The van der Waals surface area contributed by atoms with Crippen molar-refractivity contribution in [3.63, 3.8) is 0 Å². The Bertz CT molecular complexity index is 393. The van der Waals surface area contributed by atoms with E-state index in [4.69, 9.17) is 17.3 Å². The normalized spacial score (nSPS) is 26.7. The van der Waals surface area contributed by atoms with Crippen LogP contribution in [0.5, 0.6) is 0 Å². The fourth-order valence-electron chi connectivity index (χ4n) is 2.30. The molecule has 1 aliphatic carbocycles. The van der Waals surface area contributed by atoms with E-state index in [9.17, 15) is 4.21 Å². The number of hydrogen-bond acceptors (Lipinski definition) is 2. The molecule has 0 bridgehead atoms. The SMILES string of the molecule is NC1CCCCC1S(=O)Cc1ccc(Cl)cc1. The van der Waals surface area contributed by atoms with Crippen molar-refractivity contribution in [2.45, 2.75) is 42.7 Å². The number of rotatable bonds is 3. The summed E-state index contributed by atoms with van der Waals surface area (Å²) in [6.07, 6.45) is 4.35. The third-order valence-electron chi connectivity index (χ3n) is 3.31. The number of benzene rings is 1. The summed E-state index contributed by atoms with van der Waals surface area (Å²) < 4.78 is 12.3. The maximum atomic E-state index is 12.3. The van der Waals surface area contributed by atoms with E-state index in [2.05, 4.69) is 0 Å². The predicted octanol–water partition coefficient (Wildman–Crippen LogP) is 2.86. The van der Waals surface area contributed by atoms with Crippen LogP contribution in [0.1, 0.15) is 31.2 Å². The van der Waals surface area contributed by atoms with Crippen LogP contribution in [0.25, 0.3) is 0 Å². The topological polar surface area (TPSA) is 43.1 Å². The van der Waals surface area contributed by atoms with Crippen LogP contribution in [-0.4, -0.2) is 15.5 Å². The molecule has 0 heterocycles. The van der Waals surface area contributed by atoms with E-state index in [1.165, 1.54) is 6.42 Å². The van der Waals surface area contributed by atoms with E-state index in [-0.39, 0.29) is 11.3 Å². The lowest BCUT2D eigenvalue weighted by Gasteiger charge is -2.27. The average Bonchev–Trinajstić information content (AvgIpc) is 2.32. The van der Waals surface area contributed by atoms with Crippen molar-refractivity contribution in [1.82, 2.24) is 0 Å². The second-order valence-electron chi connectivity index (χ2n) is 4.64. The highest BCUT2D eigenvalue weighted by atomic mass is 35.5. The predicted molar refractivity (Wildman–Crippen MR) is 73.5 cm³/mol. The van der Waals surface area contributed by atoms with Crippen LogP contribution in [-0.2, 0) is 16.6 Å². The molecule has 17 heavy (non-hydrogen) atoms. The molecule has 0 radical (unpaired) electrons. The lowest BCUT2D eigenvalue weighted by atomic mass is 9.96. The first kappa shape index (κ1) is 13.1. The first-order chi connectivity index (χ1) is 8.16. The Labute approximate surface area is 110 Å². The summed E-state index contributed by atoms with van der Waals surface area (Å²) in [7, 11) is -0.862. The summed E-state index contributed by atoms with van der Waals surface area (Å²) in [6, 6.07) is 7.67. The maximum absolute atomic E-state index is 12.3. The zero-order valence-corrected chi connectivity index (χ0v) is 11.3. The van der Waals surface area contributed by atoms with Crippen LogP contribution in [0, 0.1) is 0 Å². The largest absolute Gasteiger partial charge is 0.327 e. The minimum absolute atomic E-state index is 0.108. The molecule has 3 unspecified atom stereocenters. The highest BCUT2D eigenvalue weighted by molar-refractivity contribution is 7.84. The highest BCUT2D eigenvalue weighted by Gasteiger charge is 2.26. The van der Waals surface area contributed by atoms with Crippen molar-refractivity contribution in [2.75, 3.05) is 0 Å². The first-order valence-electron chi connectivity index (χ1n) is 6.04. The molecule has 1 fully saturated rings. The van der Waals surface area contributed by atoms with Crippen molar-refractivity contribution < 1.29 is 4.21 Å².